The molecule has 166 valence electrons. The van der Waals surface area contributed by atoms with Crippen molar-refractivity contribution >= 4 is 12.0 Å². The van der Waals surface area contributed by atoms with E-state index in [-0.39, 0.29) is 18.9 Å². The smallest absolute Gasteiger partial charge is 0.339 e. The normalized spacial score (nSPS) is 30.1. The van der Waals surface area contributed by atoms with E-state index in [1.807, 2.05) is 26.0 Å². The van der Waals surface area contributed by atoms with E-state index in [2.05, 4.69) is 0 Å². The van der Waals surface area contributed by atoms with Crippen LogP contribution in [0.25, 0.3) is 6.08 Å². The van der Waals surface area contributed by atoms with E-state index in [4.69, 9.17) is 9.84 Å². The number of carbonyl (C=O) groups excluding carboxylic acids is 1. The van der Waals surface area contributed by atoms with Crippen LogP contribution in [-0.2, 0) is 11.2 Å². The summed E-state index contributed by atoms with van der Waals surface area (Å²) in [4.78, 5) is 13.1. The summed E-state index contributed by atoms with van der Waals surface area (Å²) in [6, 6.07) is 3.87. The molecule has 1 unspecified atom stereocenters. The van der Waals surface area contributed by atoms with Gasteiger partial charge in [0.05, 0.1) is 11.7 Å². The van der Waals surface area contributed by atoms with Crippen molar-refractivity contribution in [2.45, 2.75) is 70.9 Å². The minimum absolute atomic E-state index is 0.112. The second-order valence-corrected chi connectivity index (χ2v) is 8.05. The Morgan fingerprint density at radius 1 is 1.10 bits per heavy atom. The Balaban J connectivity index is 2.49. The minimum Gasteiger partial charge on any atom is -0.458 e. The van der Waals surface area contributed by atoms with Crippen LogP contribution in [0, 0.1) is 12.8 Å². The molecule has 4 N–H and O–H groups in total. The molecule has 6 heteroatoms. The molecule has 1 aliphatic rings. The van der Waals surface area contributed by atoms with E-state index >= 15 is 0 Å². The van der Waals surface area contributed by atoms with Gasteiger partial charge in [-0.1, -0.05) is 43.4 Å². The highest BCUT2D eigenvalue weighted by Gasteiger charge is 2.25. The molecular formula is C24H34O6. The third kappa shape index (κ3) is 6.25. The number of ether oxygens (including phenoxy) is 1. The van der Waals surface area contributed by atoms with Crippen molar-refractivity contribution in [3.8, 4) is 0 Å². The number of cyclic esters (lactones) is 1. The minimum atomic E-state index is -1.32. The predicted molar refractivity (Wildman–Crippen MR) is 116 cm³/mol. The van der Waals surface area contributed by atoms with Crippen molar-refractivity contribution in [3.63, 3.8) is 0 Å². The number of aryl methyl sites for hydroxylation is 2. The summed E-state index contributed by atoms with van der Waals surface area (Å²) in [6.45, 7) is 5.61. The molecule has 0 radical (unpaired) electrons. The van der Waals surface area contributed by atoms with Gasteiger partial charge in [0.25, 0.3) is 0 Å². The van der Waals surface area contributed by atoms with Crippen LogP contribution in [-0.4, -0.2) is 57.4 Å². The summed E-state index contributed by atoms with van der Waals surface area (Å²) >= 11 is 0. The molecule has 6 nitrogen and oxygen atoms in total. The topological polar surface area (TPSA) is 107 Å². The Kier molecular flexibility index (Phi) is 9.24. The molecule has 0 saturated heterocycles. The zero-order valence-corrected chi connectivity index (χ0v) is 18.0. The van der Waals surface area contributed by atoms with E-state index in [0.29, 0.717) is 18.4 Å². The van der Waals surface area contributed by atoms with Crippen molar-refractivity contribution in [2.75, 3.05) is 6.61 Å². The van der Waals surface area contributed by atoms with Crippen LogP contribution in [0.3, 0.4) is 0 Å². The first-order chi connectivity index (χ1) is 14.3. The second kappa shape index (κ2) is 11.4. The van der Waals surface area contributed by atoms with E-state index in [9.17, 15) is 20.1 Å². The Morgan fingerprint density at radius 2 is 1.83 bits per heavy atom. The number of unbranched alkanes of at least 4 members (excludes halogenated alkanes) is 1. The molecule has 0 amide bonds. The van der Waals surface area contributed by atoms with Gasteiger partial charge in [0, 0.05) is 12.5 Å². The number of benzene rings is 1. The van der Waals surface area contributed by atoms with Gasteiger partial charge in [0.15, 0.2) is 0 Å². The van der Waals surface area contributed by atoms with Crippen LogP contribution in [0.1, 0.15) is 60.2 Å². The third-order valence-corrected chi connectivity index (χ3v) is 5.65. The van der Waals surface area contributed by atoms with Gasteiger partial charge in [0.1, 0.15) is 18.3 Å². The summed E-state index contributed by atoms with van der Waals surface area (Å²) in [5, 5.41) is 39.7. The molecule has 0 bridgehead atoms. The summed E-state index contributed by atoms with van der Waals surface area (Å²) < 4.78 is 5.72. The van der Waals surface area contributed by atoms with Crippen LogP contribution in [0.2, 0.25) is 0 Å². The first kappa shape index (κ1) is 24.3. The fourth-order valence-electron chi connectivity index (χ4n) is 3.47. The lowest BCUT2D eigenvalue weighted by molar-refractivity contribution is -0.0395. The fourth-order valence-corrected chi connectivity index (χ4v) is 3.47. The van der Waals surface area contributed by atoms with Gasteiger partial charge in [-0.15, -0.1) is 0 Å². The highest BCUT2D eigenvalue weighted by molar-refractivity contribution is 5.96. The average molecular weight is 419 g/mol. The molecule has 1 heterocycles. The van der Waals surface area contributed by atoms with E-state index < -0.39 is 30.4 Å². The monoisotopic (exact) mass is 418 g/mol. The fraction of sp³-hybridized carbons (Fsp3) is 0.542. The van der Waals surface area contributed by atoms with E-state index in [1.54, 1.807) is 25.2 Å². The number of esters is 1. The highest BCUT2D eigenvalue weighted by Crippen LogP contribution is 2.26. The van der Waals surface area contributed by atoms with Gasteiger partial charge in [-0.05, 0) is 56.2 Å². The number of rotatable bonds is 4. The van der Waals surface area contributed by atoms with Crippen molar-refractivity contribution in [3.05, 3.63) is 52.6 Å². The largest absolute Gasteiger partial charge is 0.458 e. The Bertz CT molecular complexity index is 769. The standard InChI is InChI=1S/C24H34O6/c1-15-11-13-21(27)23(28)20(26)9-6-8-19-18(7-4-5-14-25)12-10-16(2)22(19)24(29)30-17(15)3/h6,8,10-13,15,17,20-21,23,25-28H,4-5,7,9,14H2,1-3H3/b8-6+,13-11-/t15-,17+,20+,21?,23+/m1/s1. The Morgan fingerprint density at radius 3 is 2.53 bits per heavy atom. The van der Waals surface area contributed by atoms with Gasteiger partial charge >= 0.3 is 5.97 Å². The lowest BCUT2D eigenvalue weighted by Gasteiger charge is -2.23. The van der Waals surface area contributed by atoms with Gasteiger partial charge < -0.3 is 25.2 Å². The summed E-state index contributed by atoms with van der Waals surface area (Å²) in [6.07, 6.45) is 4.71. The van der Waals surface area contributed by atoms with E-state index in [0.717, 1.165) is 23.1 Å². The zero-order valence-electron chi connectivity index (χ0n) is 18.0. The van der Waals surface area contributed by atoms with Crippen LogP contribution in [0.15, 0.2) is 30.4 Å². The van der Waals surface area contributed by atoms with Crippen molar-refractivity contribution < 1.29 is 30.0 Å². The Labute approximate surface area is 178 Å². The maximum Gasteiger partial charge on any atom is 0.339 e. The van der Waals surface area contributed by atoms with Crippen molar-refractivity contribution in [2.24, 2.45) is 5.92 Å². The molecule has 0 aliphatic carbocycles. The highest BCUT2D eigenvalue weighted by atomic mass is 16.5. The second-order valence-electron chi connectivity index (χ2n) is 8.05. The van der Waals surface area contributed by atoms with Crippen molar-refractivity contribution in [1.82, 2.24) is 0 Å². The summed E-state index contributed by atoms with van der Waals surface area (Å²) in [5.74, 6) is -0.606. The van der Waals surface area contributed by atoms with Gasteiger partial charge in [0.2, 0.25) is 0 Å². The molecule has 0 fully saturated rings. The predicted octanol–water partition coefficient (Wildman–Crippen LogP) is 2.55. The van der Waals surface area contributed by atoms with E-state index in [1.165, 1.54) is 6.08 Å². The Hall–Kier alpha value is -1.99. The number of fused-ring (bicyclic) bond motifs is 1. The molecular weight excluding hydrogens is 384 g/mol. The van der Waals surface area contributed by atoms with Gasteiger partial charge in [-0.3, -0.25) is 0 Å². The maximum absolute atomic E-state index is 13.1. The number of aliphatic hydroxyl groups excluding tert-OH is 4. The average Bonchev–Trinajstić information content (AvgIpc) is 2.71. The molecule has 5 atom stereocenters. The van der Waals surface area contributed by atoms with Crippen LogP contribution >= 0.6 is 0 Å². The lowest BCUT2D eigenvalue weighted by Crippen LogP contribution is -2.36. The molecule has 1 aromatic rings. The van der Waals surface area contributed by atoms with Crippen LogP contribution < -0.4 is 0 Å². The molecule has 1 aliphatic heterocycles. The van der Waals surface area contributed by atoms with Gasteiger partial charge in [-0.25, -0.2) is 4.79 Å². The SMILES string of the molecule is Cc1ccc(CCCCO)c2c1C(=O)O[C@@H](C)[C@H](C)/C=C\C(O)[C@@H](O)[C@@H](O)C/C=C/2. The first-order valence-corrected chi connectivity index (χ1v) is 10.6. The van der Waals surface area contributed by atoms with Crippen molar-refractivity contribution in [1.29, 1.82) is 0 Å². The molecule has 0 aromatic heterocycles. The molecule has 30 heavy (non-hydrogen) atoms. The zero-order chi connectivity index (χ0) is 22.3. The quantitative estimate of drug-likeness (QED) is 0.340. The third-order valence-electron chi connectivity index (χ3n) is 5.65. The molecule has 2 rings (SSSR count). The number of hydrogen-bond donors (Lipinski definition) is 4. The lowest BCUT2D eigenvalue weighted by atomic mass is 9.92. The molecule has 0 spiro atoms. The summed E-state index contributed by atoms with van der Waals surface area (Å²) in [7, 11) is 0. The van der Waals surface area contributed by atoms with Crippen LogP contribution in [0.5, 0.6) is 0 Å². The molecule has 1 aromatic carbocycles. The van der Waals surface area contributed by atoms with Crippen LogP contribution in [0.4, 0.5) is 0 Å². The summed E-state index contributed by atoms with van der Waals surface area (Å²) in [5.41, 5.74) is 2.97. The van der Waals surface area contributed by atoms with Gasteiger partial charge in [-0.2, -0.15) is 0 Å². The number of carbonyl (C=O) groups is 1. The number of hydrogen-bond acceptors (Lipinski definition) is 6. The maximum atomic E-state index is 13.1. The molecule has 0 saturated carbocycles. The number of aliphatic hydroxyl groups is 4. The first-order valence-electron chi connectivity index (χ1n) is 10.6.